The fourth-order valence-electron chi connectivity index (χ4n) is 12.8. The molecule has 0 aliphatic heterocycles. The number of nitrogens with one attached hydrogen (secondary N) is 4. The first-order chi connectivity index (χ1) is 64.8. The van der Waals surface area contributed by atoms with E-state index in [0.29, 0.717) is 96.2 Å². The maximum atomic E-state index is 9.44. The van der Waals surface area contributed by atoms with Gasteiger partial charge in [-0.1, -0.05) is 72.6 Å². The van der Waals surface area contributed by atoms with Crippen molar-refractivity contribution in [2.75, 3.05) is 52.4 Å². The van der Waals surface area contributed by atoms with E-state index in [-0.39, 0.29) is 189 Å². The Balaban J connectivity index is 0.000000156. The number of para-hydroxylation sites is 8. The van der Waals surface area contributed by atoms with Gasteiger partial charge in [-0.3, -0.25) is 39.5 Å². The number of aromatic amines is 4. The third-order valence-corrected chi connectivity index (χ3v) is 17.8. The van der Waals surface area contributed by atoms with Gasteiger partial charge in [-0.15, -0.1) is 0 Å². The summed E-state index contributed by atoms with van der Waals surface area (Å²) in [7, 11) is 0. The van der Waals surface area contributed by atoms with Crippen LogP contribution in [0.15, 0.2) is 170 Å². The third-order valence-electron chi connectivity index (χ3n) is 17.8. The van der Waals surface area contributed by atoms with E-state index in [1.807, 2.05) is 24.3 Å². The molecule has 544 valence electrons. The molecule has 12 N–H and O–H groups in total. The molecule has 16 rings (SSSR count). The Labute approximate surface area is 660 Å². The van der Waals surface area contributed by atoms with Crippen LogP contribution in [-0.2, 0) is 51.7 Å². The molecular weight excluding hydrogens is 1290 g/mol. The monoisotopic (exact) mass is 1430 g/mol. The Bertz CT molecular complexity index is 6290. The number of hydrogen-bond donors (Lipinski definition) is 8. The number of H-pyrrole nitrogens is 4. The summed E-state index contributed by atoms with van der Waals surface area (Å²) in [6.07, 6.45) is -1.89. The van der Waals surface area contributed by atoms with Crippen LogP contribution in [0.3, 0.4) is 0 Å². The summed E-state index contributed by atoms with van der Waals surface area (Å²) in [6.45, 7) is -1.95. The Morgan fingerprint density at radius 2 is 0.779 bits per heavy atom. The van der Waals surface area contributed by atoms with Crippen LogP contribution in [-0.4, -0.2) is 132 Å². The van der Waals surface area contributed by atoms with Crippen molar-refractivity contribution >= 4 is 44.1 Å². The zero-order valence-corrected chi connectivity index (χ0v) is 57.7. The highest BCUT2D eigenvalue weighted by Crippen LogP contribution is 2.38. The number of fused-ring (bicyclic) bond motifs is 8. The highest BCUT2D eigenvalue weighted by molar-refractivity contribution is 5.76. The molecule has 20 heteroatoms. The lowest BCUT2D eigenvalue weighted by Gasteiger charge is -2.34. The second kappa shape index (κ2) is 37.7. The quantitative estimate of drug-likeness (QED) is 0.0212. The molecule has 4 aliphatic rings. The van der Waals surface area contributed by atoms with Gasteiger partial charge < -0.3 is 42.9 Å². The fourth-order valence-corrected chi connectivity index (χ4v) is 12.8. The molecule has 0 radical (unpaired) electrons. The van der Waals surface area contributed by atoms with Crippen molar-refractivity contribution in [3.05, 3.63) is 238 Å². The van der Waals surface area contributed by atoms with Crippen LogP contribution >= 0.6 is 0 Å². The SMILES string of the molecule is [2H]c1c([2H])c([2H])c2[nH]c(C([2H])([2H])N(CCCCN)[C@@]3([2H])CCCc4cccnc43)nc2c1[2H].[2H]c1c([2H])c([2H])c2[nH]c(C([2H])([2H])N(CCCCN)[C@H]3CCCc4cccnc43)nc2c1[2H].[2H]c1c([2H])c([2H])c2[nH]c(CN(CCCCN)[C@@H]3c4ncccc4C([2H])([2H])C([2H])([2H])C3([2H])[2H])nc2c1[2H].[2H]c1c([2H])c([2H])c2[nH]c(CN(CCCCN)[C@]3([2H])c4ncccc4C([2H])([2H])C([2H])([2H])C3([2H])[2H])nc2c1[2H]. The average molecular weight is 1430 g/mol. The molecule has 8 heterocycles. The van der Waals surface area contributed by atoms with E-state index in [1.54, 1.807) is 22.2 Å². The van der Waals surface area contributed by atoms with Gasteiger partial charge in [0.15, 0.2) is 0 Å². The topological polar surface area (TPSA) is 283 Å². The second-order valence-electron chi connectivity index (χ2n) is 25.0. The molecule has 8 aromatic heterocycles. The molecule has 4 atom stereocenters. The van der Waals surface area contributed by atoms with Crippen LogP contribution in [0.1, 0.15) is 242 Å². The van der Waals surface area contributed by atoms with Gasteiger partial charge >= 0.3 is 0 Å². The number of rotatable bonds is 28. The molecule has 0 amide bonds. The Hall–Kier alpha value is -8.96. The minimum atomic E-state index is -3.12. The first kappa shape index (κ1) is 42.3. The molecule has 20 nitrogen and oxygen atoms in total. The molecule has 0 bridgehead atoms. The second-order valence-corrected chi connectivity index (χ2v) is 25.0. The van der Waals surface area contributed by atoms with E-state index in [9.17, 15) is 2.74 Å². The zero-order chi connectivity index (χ0) is 101. The van der Waals surface area contributed by atoms with Crippen molar-refractivity contribution in [3.63, 3.8) is 0 Å². The predicted octanol–water partition coefficient (Wildman–Crippen LogP) is 14.3. The third kappa shape index (κ3) is 19.1. The molecule has 0 spiro atoms. The molecule has 4 aliphatic carbocycles. The van der Waals surface area contributed by atoms with E-state index in [1.165, 1.54) is 46.5 Å². The van der Waals surface area contributed by atoms with Crippen LogP contribution in [0, 0.1) is 0 Å². The largest absolute Gasteiger partial charge is 0.341 e. The Morgan fingerprint density at radius 1 is 0.404 bits per heavy atom. The normalized spacial score (nSPS) is 26.2. The standard InChI is InChI=1S/4C21H27N5/c4*22-12-3-4-14-26(15-20-24-17-9-1-2-10-18(17)25-20)19-11-5-7-16-8-6-13-23-21(16)19/h4*1-2,6,8-10,13,19H,3-5,7,11-12,14-15,22H2,(H,24,25)/t4*19-/m0000/s1/i1D,2D,5D2,7D2,9D,10D,11D2,19D;1D,2D,5D2,7D2,9D,10D,11D2;1D,2D,9D,10D,15D2,19D;1D,2D,9D,10D,15D2. The summed E-state index contributed by atoms with van der Waals surface area (Å²) in [5.74, 6) is 0.165. The zero-order valence-electron chi connectivity index (χ0n) is 91.7. The van der Waals surface area contributed by atoms with E-state index in [4.69, 9.17) is 66.8 Å². The number of benzene rings is 4. The van der Waals surface area contributed by atoms with Gasteiger partial charge in [0.25, 0.3) is 0 Å². The van der Waals surface area contributed by atoms with Gasteiger partial charge in [-0.25, -0.2) is 19.9 Å². The van der Waals surface area contributed by atoms with Crippen molar-refractivity contribution in [2.45, 2.75) is 178 Å². The minimum Gasteiger partial charge on any atom is -0.341 e. The van der Waals surface area contributed by atoms with E-state index < -0.39 is 106 Å². The van der Waals surface area contributed by atoms with Crippen molar-refractivity contribution in [1.29, 1.82) is 0 Å². The van der Waals surface area contributed by atoms with Gasteiger partial charge in [0.1, 0.15) is 23.3 Å². The average Bonchev–Trinajstić information content (AvgIpc) is 1.07. The maximum Gasteiger partial charge on any atom is 0.121 e. The van der Waals surface area contributed by atoms with Crippen molar-refractivity contribution in [1.82, 2.24) is 79.4 Å². The first-order valence-electron chi connectivity index (χ1n) is 52.3. The summed E-state index contributed by atoms with van der Waals surface area (Å²) >= 11 is 0. The van der Waals surface area contributed by atoms with E-state index >= 15 is 0 Å². The van der Waals surface area contributed by atoms with Gasteiger partial charge in [0.2, 0.25) is 0 Å². The molecule has 0 fully saturated rings. The summed E-state index contributed by atoms with van der Waals surface area (Å²) in [5.41, 5.74) is 26.0. The van der Waals surface area contributed by atoms with Gasteiger partial charge in [-0.05, 0) is 275 Å². The Kier molecular flexibility index (Phi) is 15.3. The number of pyridine rings is 4. The van der Waals surface area contributed by atoms with Crippen LogP contribution in [0.25, 0.3) is 44.1 Å². The molecule has 12 aromatic rings. The molecule has 0 saturated heterocycles. The number of nitrogens with two attached hydrogens (primary N) is 4. The smallest absolute Gasteiger partial charge is 0.121 e. The van der Waals surface area contributed by atoms with E-state index in [2.05, 4.69) is 59.8 Å². The first-order valence-corrected chi connectivity index (χ1v) is 35.3. The summed E-state index contributed by atoms with van der Waals surface area (Å²) in [6, 6.07) is 2.13. The number of imidazole rings is 4. The molecule has 0 saturated carbocycles. The lowest BCUT2D eigenvalue weighted by Crippen LogP contribution is -2.33. The molecule has 4 aromatic carbocycles. The molecule has 0 unspecified atom stereocenters. The lowest BCUT2D eigenvalue weighted by atomic mass is 9.90. The van der Waals surface area contributed by atoms with Gasteiger partial charge in [0.05, 0.1) is 147 Å². The highest BCUT2D eigenvalue weighted by atomic mass is 15.2. The number of nitrogens with zero attached hydrogens (tertiary/aromatic N) is 12. The van der Waals surface area contributed by atoms with Crippen molar-refractivity contribution in [3.8, 4) is 0 Å². The lowest BCUT2D eigenvalue weighted by molar-refractivity contribution is 0.159. The van der Waals surface area contributed by atoms with Crippen molar-refractivity contribution in [2.24, 2.45) is 22.9 Å². The van der Waals surface area contributed by atoms with Crippen molar-refractivity contribution < 1.29 is 46.6 Å². The summed E-state index contributed by atoms with van der Waals surface area (Å²) in [4.78, 5) is 52.3. The van der Waals surface area contributed by atoms with Crippen LogP contribution in [0.4, 0.5) is 0 Å². The number of aryl methyl sites for hydroxylation is 4. The van der Waals surface area contributed by atoms with Crippen LogP contribution < -0.4 is 22.9 Å². The van der Waals surface area contributed by atoms with Crippen LogP contribution in [0.5, 0.6) is 0 Å². The number of unbranched alkanes of at least 4 members (excludes halogenated alkanes) is 4. The maximum absolute atomic E-state index is 9.44. The molecular formula is C84H108N20. The van der Waals surface area contributed by atoms with Crippen LogP contribution in [0.2, 0.25) is 0 Å². The summed E-state index contributed by atoms with van der Waals surface area (Å²) < 4.78 is 286. The Morgan fingerprint density at radius 3 is 1.30 bits per heavy atom. The van der Waals surface area contributed by atoms with Gasteiger partial charge in [-0.2, -0.15) is 0 Å². The number of aromatic nitrogens is 12. The van der Waals surface area contributed by atoms with Gasteiger partial charge in [0, 0.05) is 41.2 Å². The number of hydrogen-bond acceptors (Lipinski definition) is 16. The molecule has 104 heavy (non-hydrogen) atoms. The van der Waals surface area contributed by atoms with E-state index in [0.717, 1.165) is 48.9 Å². The highest BCUT2D eigenvalue weighted by Gasteiger charge is 2.32. The predicted molar refractivity (Wildman–Crippen MR) is 419 cm³/mol. The summed E-state index contributed by atoms with van der Waals surface area (Å²) in [5, 5.41) is 0. The minimum absolute atomic E-state index is 0.0150. The fraction of sp³-hybridized carbons (Fsp3) is 0.429.